The van der Waals surface area contributed by atoms with Crippen LogP contribution in [0.25, 0.3) is 89.1 Å². The normalized spacial score (nSPS) is 11.8. The van der Waals surface area contributed by atoms with E-state index in [0.717, 1.165) is 55.6 Å². The van der Waals surface area contributed by atoms with Gasteiger partial charge in [-0.05, 0) is 83.8 Å². The molecule has 3 aromatic heterocycles. The highest BCUT2D eigenvalue weighted by atomic mass is 16.3. The number of nitrogens with zero attached hydrogens (tertiary/aromatic N) is 4. The second-order valence-corrected chi connectivity index (χ2v) is 14.1. The summed E-state index contributed by atoms with van der Waals surface area (Å²) >= 11 is 0. The van der Waals surface area contributed by atoms with Crippen molar-refractivity contribution in [3.63, 3.8) is 0 Å². The van der Waals surface area contributed by atoms with Crippen LogP contribution in [-0.2, 0) is 0 Å². The Morgan fingerprint density at radius 1 is 0.509 bits per heavy atom. The van der Waals surface area contributed by atoms with Gasteiger partial charge in [-0.2, -0.15) is 0 Å². The van der Waals surface area contributed by atoms with Crippen LogP contribution in [0.2, 0.25) is 0 Å². The Bertz CT molecular complexity index is 3080. The summed E-state index contributed by atoms with van der Waals surface area (Å²) in [6, 6.07) is 61.2. The van der Waals surface area contributed by atoms with Gasteiger partial charge in [0, 0.05) is 38.5 Å². The van der Waals surface area contributed by atoms with Gasteiger partial charge in [0.05, 0.1) is 16.6 Å². The fraction of sp³-hybridized carbons (Fsp3) is 0.0192. The van der Waals surface area contributed by atoms with Gasteiger partial charge in [0.1, 0.15) is 11.3 Å². The SMILES string of the molecule is C=C/C=C(/c1nc(-c2ccccc2)nc(-c2ccccc2)n1)c1oc2ccc(-c3cccc(-c4ccc5c(c4)c4ccccc4n5-c4ccccc4)c3)cc2c1C. The van der Waals surface area contributed by atoms with E-state index in [2.05, 4.69) is 133 Å². The molecule has 0 radical (unpaired) electrons. The maximum atomic E-state index is 6.63. The van der Waals surface area contributed by atoms with Gasteiger partial charge in [-0.25, -0.2) is 15.0 Å². The van der Waals surface area contributed by atoms with Crippen molar-refractivity contribution < 1.29 is 4.42 Å². The Morgan fingerprint density at radius 3 is 1.72 bits per heavy atom. The van der Waals surface area contributed by atoms with Crippen LogP contribution >= 0.6 is 0 Å². The summed E-state index contributed by atoms with van der Waals surface area (Å²) in [5.74, 6) is 2.39. The lowest BCUT2D eigenvalue weighted by molar-refractivity contribution is 0.596. The molecule has 0 aliphatic carbocycles. The number of benzene rings is 7. The number of allylic oxidation sites excluding steroid dienone is 2. The highest BCUT2D eigenvalue weighted by molar-refractivity contribution is 6.10. The largest absolute Gasteiger partial charge is 0.456 e. The van der Waals surface area contributed by atoms with E-state index < -0.39 is 0 Å². The van der Waals surface area contributed by atoms with E-state index in [0.29, 0.717) is 23.2 Å². The summed E-state index contributed by atoms with van der Waals surface area (Å²) in [7, 11) is 0. The molecule has 0 bridgehead atoms. The molecule has 0 unspecified atom stereocenters. The van der Waals surface area contributed by atoms with Gasteiger partial charge in [-0.1, -0.05) is 140 Å². The molecule has 7 aromatic carbocycles. The molecular formula is C52H36N4O. The lowest BCUT2D eigenvalue weighted by Gasteiger charge is -2.10. The predicted molar refractivity (Wildman–Crippen MR) is 234 cm³/mol. The average Bonchev–Trinajstić information content (AvgIpc) is 3.79. The molecule has 0 N–H and O–H groups in total. The van der Waals surface area contributed by atoms with Crippen LogP contribution in [0.4, 0.5) is 0 Å². The molecule has 3 heterocycles. The first-order valence-electron chi connectivity index (χ1n) is 19.1. The fourth-order valence-corrected chi connectivity index (χ4v) is 7.84. The van der Waals surface area contributed by atoms with E-state index in [9.17, 15) is 0 Å². The Labute approximate surface area is 330 Å². The lowest BCUT2D eigenvalue weighted by Crippen LogP contribution is -2.04. The van der Waals surface area contributed by atoms with Crippen LogP contribution in [0.3, 0.4) is 0 Å². The van der Waals surface area contributed by atoms with E-state index in [1.54, 1.807) is 6.08 Å². The minimum absolute atomic E-state index is 0.515. The molecule has 5 nitrogen and oxygen atoms in total. The molecule has 10 rings (SSSR count). The third kappa shape index (κ3) is 6.12. The van der Waals surface area contributed by atoms with Gasteiger partial charge in [-0.15, -0.1) is 0 Å². The molecule has 0 amide bonds. The van der Waals surface area contributed by atoms with E-state index in [-0.39, 0.29) is 0 Å². The first-order chi connectivity index (χ1) is 28.1. The highest BCUT2D eigenvalue weighted by Gasteiger charge is 2.21. The Balaban J connectivity index is 1.04. The summed E-state index contributed by atoms with van der Waals surface area (Å²) in [6.45, 7) is 6.13. The summed E-state index contributed by atoms with van der Waals surface area (Å²) in [6.07, 6.45) is 3.67. The minimum atomic E-state index is 0.515. The number of hydrogen-bond donors (Lipinski definition) is 0. The number of rotatable bonds is 8. The monoisotopic (exact) mass is 732 g/mol. The molecule has 0 atom stereocenters. The third-order valence-corrected chi connectivity index (χ3v) is 10.6. The van der Waals surface area contributed by atoms with Crippen molar-refractivity contribution in [2.45, 2.75) is 6.92 Å². The molecule has 0 fully saturated rings. The summed E-state index contributed by atoms with van der Waals surface area (Å²) in [5.41, 5.74) is 12.4. The van der Waals surface area contributed by atoms with Crippen molar-refractivity contribution in [2.24, 2.45) is 0 Å². The second kappa shape index (κ2) is 14.2. The Hall–Kier alpha value is -7.63. The molecule has 5 heteroatoms. The van der Waals surface area contributed by atoms with Crippen LogP contribution in [0, 0.1) is 6.92 Å². The minimum Gasteiger partial charge on any atom is -0.456 e. The molecule has 0 saturated heterocycles. The van der Waals surface area contributed by atoms with E-state index >= 15 is 0 Å². The van der Waals surface area contributed by atoms with Crippen molar-refractivity contribution >= 4 is 38.3 Å². The summed E-state index contributed by atoms with van der Waals surface area (Å²) < 4.78 is 8.98. The summed E-state index contributed by atoms with van der Waals surface area (Å²) in [4.78, 5) is 14.9. The number of hydrogen-bond acceptors (Lipinski definition) is 4. The zero-order valence-corrected chi connectivity index (χ0v) is 31.3. The van der Waals surface area contributed by atoms with Gasteiger partial charge in [-0.3, -0.25) is 0 Å². The van der Waals surface area contributed by atoms with Gasteiger partial charge < -0.3 is 8.98 Å². The molecule has 10 aromatic rings. The maximum Gasteiger partial charge on any atom is 0.167 e. The molecule has 0 aliphatic rings. The van der Waals surface area contributed by atoms with E-state index in [4.69, 9.17) is 19.4 Å². The van der Waals surface area contributed by atoms with E-state index in [1.807, 2.05) is 66.7 Å². The molecule has 270 valence electrons. The fourth-order valence-electron chi connectivity index (χ4n) is 7.84. The predicted octanol–water partition coefficient (Wildman–Crippen LogP) is 13.3. The first kappa shape index (κ1) is 33.9. The van der Waals surface area contributed by atoms with Crippen molar-refractivity contribution in [3.8, 4) is 50.7 Å². The van der Waals surface area contributed by atoms with E-state index in [1.165, 1.54) is 27.4 Å². The Kier molecular flexibility index (Phi) is 8.46. The molecule has 0 saturated carbocycles. The smallest absolute Gasteiger partial charge is 0.167 e. The number of aryl methyl sites for hydroxylation is 1. The van der Waals surface area contributed by atoms with Crippen LogP contribution in [0.1, 0.15) is 17.1 Å². The zero-order chi connectivity index (χ0) is 38.3. The van der Waals surface area contributed by atoms with Crippen LogP contribution in [0.15, 0.2) is 199 Å². The number of furan rings is 1. The van der Waals surface area contributed by atoms with Gasteiger partial charge in [0.2, 0.25) is 0 Å². The van der Waals surface area contributed by atoms with Gasteiger partial charge in [0.15, 0.2) is 17.5 Å². The molecule has 57 heavy (non-hydrogen) atoms. The van der Waals surface area contributed by atoms with Gasteiger partial charge in [0.25, 0.3) is 0 Å². The number of fused-ring (bicyclic) bond motifs is 4. The number of para-hydroxylation sites is 2. The van der Waals surface area contributed by atoms with Crippen molar-refractivity contribution in [1.82, 2.24) is 19.5 Å². The topological polar surface area (TPSA) is 56.7 Å². The first-order valence-corrected chi connectivity index (χ1v) is 19.1. The van der Waals surface area contributed by atoms with Gasteiger partial charge >= 0.3 is 0 Å². The average molecular weight is 733 g/mol. The zero-order valence-electron chi connectivity index (χ0n) is 31.3. The van der Waals surface area contributed by atoms with Crippen LogP contribution in [-0.4, -0.2) is 19.5 Å². The van der Waals surface area contributed by atoms with Crippen molar-refractivity contribution in [2.75, 3.05) is 0 Å². The third-order valence-electron chi connectivity index (χ3n) is 10.6. The second-order valence-electron chi connectivity index (χ2n) is 14.1. The van der Waals surface area contributed by atoms with Crippen LogP contribution in [0.5, 0.6) is 0 Å². The van der Waals surface area contributed by atoms with Crippen molar-refractivity contribution in [1.29, 1.82) is 0 Å². The summed E-state index contributed by atoms with van der Waals surface area (Å²) in [5, 5.41) is 3.49. The molecule has 0 spiro atoms. The molecular weight excluding hydrogens is 697 g/mol. The Morgan fingerprint density at radius 2 is 1.05 bits per heavy atom. The quantitative estimate of drug-likeness (QED) is 0.146. The highest BCUT2D eigenvalue weighted by Crippen LogP contribution is 2.38. The number of aromatic nitrogens is 4. The standard InChI is InChI=1S/C52H36N4O/c1-3-16-43(52-54-50(35-17-7-4-8-18-35)53-51(55-52)36-19-9-5-10-20-36)49-34(2)44-32-40(28-30-48(44)57-49)38-22-15-21-37(31-38)39-27-29-47-45(33-39)42-25-13-14-26-46(42)56(47)41-23-11-6-12-24-41/h3-33H,1H2,2H3/b43-16+. The maximum absolute atomic E-state index is 6.63. The van der Waals surface area contributed by atoms with Crippen molar-refractivity contribution in [3.05, 3.63) is 212 Å². The molecule has 0 aliphatic heterocycles. The van der Waals surface area contributed by atoms with Crippen LogP contribution < -0.4 is 0 Å². The lowest BCUT2D eigenvalue weighted by atomic mass is 9.96.